The van der Waals surface area contributed by atoms with Crippen molar-refractivity contribution >= 4 is 34.5 Å². The number of carbonyl (C=O) groups excluding carboxylic acids is 2. The summed E-state index contributed by atoms with van der Waals surface area (Å²) in [7, 11) is 3.29. The second-order valence-electron chi connectivity index (χ2n) is 6.91. The molecule has 0 bridgehead atoms. The molecule has 0 saturated heterocycles. The van der Waals surface area contributed by atoms with E-state index >= 15 is 0 Å². The SMILES string of the molecule is Cc1cc(C)cc(NC(=O)CCC(=O)Nc2ccc3c(n2)n(C)c(=O)n3C)c1. The Balaban J connectivity index is 1.59. The molecule has 0 atom stereocenters. The Morgan fingerprint density at radius 1 is 0.929 bits per heavy atom. The predicted octanol–water partition coefficient (Wildman–Crippen LogP) is 2.25. The lowest BCUT2D eigenvalue weighted by atomic mass is 10.1. The van der Waals surface area contributed by atoms with E-state index in [0.29, 0.717) is 17.0 Å². The number of pyridine rings is 1. The fraction of sp³-hybridized carbons (Fsp3) is 0.300. The van der Waals surface area contributed by atoms with E-state index in [1.165, 1.54) is 9.13 Å². The normalized spacial score (nSPS) is 10.9. The van der Waals surface area contributed by atoms with Crippen LogP contribution in [0.1, 0.15) is 24.0 Å². The molecule has 0 unspecified atom stereocenters. The monoisotopic (exact) mass is 381 g/mol. The molecule has 0 fully saturated rings. The van der Waals surface area contributed by atoms with Crippen molar-refractivity contribution in [3.05, 3.63) is 51.9 Å². The van der Waals surface area contributed by atoms with Crippen molar-refractivity contribution in [2.24, 2.45) is 14.1 Å². The number of aryl methyl sites for hydroxylation is 4. The average Bonchev–Trinajstić information content (AvgIpc) is 2.83. The van der Waals surface area contributed by atoms with Gasteiger partial charge >= 0.3 is 5.69 Å². The zero-order valence-electron chi connectivity index (χ0n) is 16.4. The van der Waals surface area contributed by atoms with Gasteiger partial charge in [0.15, 0.2) is 5.65 Å². The summed E-state index contributed by atoms with van der Waals surface area (Å²) in [5.41, 5.74) is 3.82. The first kappa shape index (κ1) is 19.3. The molecule has 3 rings (SSSR count). The number of imidazole rings is 1. The van der Waals surface area contributed by atoms with Gasteiger partial charge in [-0.05, 0) is 49.2 Å². The van der Waals surface area contributed by atoms with Crippen LogP contribution < -0.4 is 16.3 Å². The highest BCUT2D eigenvalue weighted by Gasteiger charge is 2.12. The van der Waals surface area contributed by atoms with Gasteiger partial charge in [0.1, 0.15) is 5.82 Å². The Kier molecular flexibility index (Phi) is 5.30. The minimum atomic E-state index is -0.316. The summed E-state index contributed by atoms with van der Waals surface area (Å²) in [5, 5.41) is 5.48. The zero-order valence-corrected chi connectivity index (χ0v) is 16.4. The number of anilines is 2. The molecular weight excluding hydrogens is 358 g/mol. The van der Waals surface area contributed by atoms with Crippen molar-refractivity contribution in [3.8, 4) is 0 Å². The fourth-order valence-corrected chi connectivity index (χ4v) is 3.14. The second kappa shape index (κ2) is 7.67. The van der Waals surface area contributed by atoms with E-state index in [1.807, 2.05) is 32.0 Å². The number of hydrogen-bond acceptors (Lipinski definition) is 4. The molecule has 8 nitrogen and oxygen atoms in total. The summed E-state index contributed by atoms with van der Waals surface area (Å²) < 4.78 is 2.91. The molecule has 0 radical (unpaired) electrons. The highest BCUT2D eigenvalue weighted by atomic mass is 16.2. The molecule has 2 amide bonds. The smallest absolute Gasteiger partial charge is 0.326 e. The molecule has 2 aromatic heterocycles. The molecule has 1 aromatic carbocycles. The maximum Gasteiger partial charge on any atom is 0.329 e. The highest BCUT2D eigenvalue weighted by Crippen LogP contribution is 2.15. The van der Waals surface area contributed by atoms with E-state index in [1.54, 1.807) is 26.2 Å². The number of hydrogen-bond donors (Lipinski definition) is 2. The number of rotatable bonds is 5. The first-order valence-corrected chi connectivity index (χ1v) is 8.95. The molecule has 0 aliphatic carbocycles. The number of nitrogens with zero attached hydrogens (tertiary/aromatic N) is 3. The quantitative estimate of drug-likeness (QED) is 0.708. The number of benzene rings is 1. The molecule has 0 saturated carbocycles. The van der Waals surface area contributed by atoms with Gasteiger partial charge in [-0.3, -0.25) is 18.7 Å². The van der Waals surface area contributed by atoms with Gasteiger partial charge in [-0.2, -0.15) is 0 Å². The molecule has 0 aliphatic heterocycles. The van der Waals surface area contributed by atoms with Gasteiger partial charge in [-0.25, -0.2) is 9.78 Å². The zero-order chi connectivity index (χ0) is 20.4. The maximum absolute atomic E-state index is 12.2. The Bertz CT molecular complexity index is 1110. The maximum atomic E-state index is 12.2. The topological polar surface area (TPSA) is 98.0 Å². The van der Waals surface area contributed by atoms with Crippen LogP contribution in [0.15, 0.2) is 35.1 Å². The lowest BCUT2D eigenvalue weighted by molar-refractivity contribution is -0.121. The van der Waals surface area contributed by atoms with Crippen molar-refractivity contribution in [1.29, 1.82) is 0 Å². The highest BCUT2D eigenvalue weighted by molar-refractivity contribution is 5.96. The largest absolute Gasteiger partial charge is 0.329 e. The van der Waals surface area contributed by atoms with Crippen LogP contribution in [0.4, 0.5) is 11.5 Å². The minimum absolute atomic E-state index is 0.0318. The average molecular weight is 381 g/mol. The molecular formula is C20H23N5O3. The minimum Gasteiger partial charge on any atom is -0.326 e. The van der Waals surface area contributed by atoms with Gasteiger partial charge in [0, 0.05) is 32.6 Å². The summed E-state index contributed by atoms with van der Waals surface area (Å²) >= 11 is 0. The standard InChI is InChI=1S/C20H23N5O3/c1-12-9-13(2)11-14(10-12)21-17(26)7-8-18(27)22-16-6-5-15-19(23-16)25(4)20(28)24(15)3/h5-6,9-11H,7-8H2,1-4H3,(H,21,26)(H,22,23,27). The summed E-state index contributed by atoms with van der Waals surface area (Å²) in [4.78, 5) is 40.5. The van der Waals surface area contributed by atoms with E-state index in [-0.39, 0.29) is 30.3 Å². The third-order valence-corrected chi connectivity index (χ3v) is 4.46. The van der Waals surface area contributed by atoms with Crippen LogP contribution >= 0.6 is 0 Å². The van der Waals surface area contributed by atoms with Crippen LogP contribution in [-0.4, -0.2) is 25.9 Å². The Morgan fingerprint density at radius 2 is 1.54 bits per heavy atom. The van der Waals surface area contributed by atoms with E-state index in [2.05, 4.69) is 15.6 Å². The van der Waals surface area contributed by atoms with Gasteiger partial charge in [0.25, 0.3) is 0 Å². The van der Waals surface area contributed by atoms with Gasteiger partial charge in [0.05, 0.1) is 5.52 Å². The van der Waals surface area contributed by atoms with Crippen molar-refractivity contribution in [3.63, 3.8) is 0 Å². The summed E-state index contributed by atoms with van der Waals surface area (Å²) in [6.07, 6.45) is 0.0922. The third-order valence-electron chi connectivity index (χ3n) is 4.46. The molecule has 28 heavy (non-hydrogen) atoms. The Morgan fingerprint density at radius 3 is 2.18 bits per heavy atom. The Hall–Kier alpha value is -3.42. The number of carbonyl (C=O) groups is 2. The van der Waals surface area contributed by atoms with Crippen LogP contribution in [0.3, 0.4) is 0 Å². The van der Waals surface area contributed by atoms with Gasteiger partial charge < -0.3 is 10.6 Å². The van der Waals surface area contributed by atoms with Crippen LogP contribution in [-0.2, 0) is 23.7 Å². The molecule has 0 aliphatic rings. The van der Waals surface area contributed by atoms with Crippen LogP contribution in [0.25, 0.3) is 11.2 Å². The van der Waals surface area contributed by atoms with Crippen LogP contribution in [0.5, 0.6) is 0 Å². The van der Waals surface area contributed by atoms with Gasteiger partial charge in [0.2, 0.25) is 11.8 Å². The van der Waals surface area contributed by atoms with Crippen LogP contribution in [0.2, 0.25) is 0 Å². The third kappa shape index (κ3) is 4.11. The number of amides is 2. The Labute approximate surface area is 162 Å². The number of fused-ring (bicyclic) bond motifs is 1. The second-order valence-corrected chi connectivity index (χ2v) is 6.91. The molecule has 8 heteroatoms. The summed E-state index contributed by atoms with van der Waals surface area (Å²) in [6.45, 7) is 3.92. The van der Waals surface area contributed by atoms with Crippen molar-refractivity contribution in [2.75, 3.05) is 10.6 Å². The van der Waals surface area contributed by atoms with E-state index < -0.39 is 0 Å². The molecule has 3 aromatic rings. The lowest BCUT2D eigenvalue weighted by Gasteiger charge is -2.08. The lowest BCUT2D eigenvalue weighted by Crippen LogP contribution is -2.19. The van der Waals surface area contributed by atoms with Crippen molar-refractivity contribution < 1.29 is 9.59 Å². The van der Waals surface area contributed by atoms with Gasteiger partial charge in [-0.15, -0.1) is 0 Å². The first-order chi connectivity index (χ1) is 13.2. The van der Waals surface area contributed by atoms with Crippen molar-refractivity contribution in [1.82, 2.24) is 14.1 Å². The van der Waals surface area contributed by atoms with Crippen LogP contribution in [0, 0.1) is 13.8 Å². The molecule has 0 spiro atoms. The van der Waals surface area contributed by atoms with E-state index in [4.69, 9.17) is 0 Å². The molecule has 146 valence electrons. The number of aromatic nitrogens is 3. The predicted molar refractivity (Wildman–Crippen MR) is 108 cm³/mol. The van der Waals surface area contributed by atoms with E-state index in [0.717, 1.165) is 16.8 Å². The van der Waals surface area contributed by atoms with Gasteiger partial charge in [-0.1, -0.05) is 6.07 Å². The summed E-state index contributed by atoms with van der Waals surface area (Å²) in [5.74, 6) is -0.203. The first-order valence-electron chi connectivity index (χ1n) is 8.95. The number of nitrogens with one attached hydrogen (secondary N) is 2. The van der Waals surface area contributed by atoms with E-state index in [9.17, 15) is 14.4 Å². The summed E-state index contributed by atoms with van der Waals surface area (Å²) in [6, 6.07) is 9.15. The van der Waals surface area contributed by atoms with Crippen molar-refractivity contribution in [2.45, 2.75) is 26.7 Å². The molecule has 2 heterocycles. The molecule has 2 N–H and O–H groups in total. The fourth-order valence-electron chi connectivity index (χ4n) is 3.14.